The van der Waals surface area contributed by atoms with Crippen molar-refractivity contribution in [2.75, 3.05) is 0 Å². The van der Waals surface area contributed by atoms with Crippen molar-refractivity contribution in [2.45, 2.75) is 25.9 Å². The van der Waals surface area contributed by atoms with Crippen molar-refractivity contribution in [1.29, 1.82) is 0 Å². The summed E-state index contributed by atoms with van der Waals surface area (Å²) in [4.78, 5) is 4.02. The van der Waals surface area contributed by atoms with E-state index in [0.717, 1.165) is 11.1 Å². The molecule has 0 aliphatic heterocycles. The first-order valence-corrected chi connectivity index (χ1v) is 5.18. The topological polar surface area (TPSA) is 50.4 Å². The van der Waals surface area contributed by atoms with Crippen LogP contribution in [0.5, 0.6) is 0 Å². The second-order valence-corrected chi connectivity index (χ2v) is 3.49. The lowest BCUT2D eigenvalue weighted by atomic mass is 10.1. The van der Waals surface area contributed by atoms with Crippen molar-refractivity contribution in [3.8, 4) is 11.8 Å². The Balaban J connectivity index is 2.21. The Morgan fingerprint density at radius 2 is 2.38 bits per heavy atom. The van der Waals surface area contributed by atoms with Crippen molar-refractivity contribution in [3.63, 3.8) is 0 Å². The Morgan fingerprint density at radius 3 is 3.19 bits per heavy atom. The zero-order valence-electron chi connectivity index (χ0n) is 9.09. The standard InChI is InChI=1S/C12H13N3O/c1-2-3-4-5-12(16)10-8-14-15-7-6-13-9-11(10)15/h6-9,12,16H,4-5H2,1H3. The summed E-state index contributed by atoms with van der Waals surface area (Å²) in [6.07, 6.45) is 7.60. The smallest absolute Gasteiger partial charge is 0.0902 e. The molecule has 0 fully saturated rings. The van der Waals surface area contributed by atoms with Crippen molar-refractivity contribution in [3.05, 3.63) is 30.4 Å². The van der Waals surface area contributed by atoms with Gasteiger partial charge in [0.2, 0.25) is 0 Å². The molecule has 0 aliphatic rings. The van der Waals surface area contributed by atoms with Crippen LogP contribution in [0.2, 0.25) is 0 Å². The number of fused-ring (bicyclic) bond motifs is 1. The Morgan fingerprint density at radius 1 is 1.50 bits per heavy atom. The van der Waals surface area contributed by atoms with Crippen LogP contribution in [0.4, 0.5) is 0 Å². The molecule has 0 saturated carbocycles. The predicted octanol–water partition coefficient (Wildman–Crippen LogP) is 1.57. The van der Waals surface area contributed by atoms with E-state index in [1.807, 2.05) is 0 Å². The van der Waals surface area contributed by atoms with Crippen LogP contribution >= 0.6 is 0 Å². The molecule has 1 atom stereocenters. The van der Waals surface area contributed by atoms with E-state index in [9.17, 15) is 5.11 Å². The number of nitrogens with zero attached hydrogens (tertiary/aromatic N) is 3. The summed E-state index contributed by atoms with van der Waals surface area (Å²) < 4.78 is 1.71. The highest BCUT2D eigenvalue weighted by Crippen LogP contribution is 2.21. The molecule has 1 unspecified atom stereocenters. The van der Waals surface area contributed by atoms with Crippen LogP contribution in [-0.2, 0) is 0 Å². The number of aromatic nitrogens is 3. The maximum absolute atomic E-state index is 9.99. The molecule has 2 rings (SSSR count). The molecule has 0 radical (unpaired) electrons. The zero-order chi connectivity index (χ0) is 11.4. The van der Waals surface area contributed by atoms with Gasteiger partial charge in [-0.25, -0.2) is 4.52 Å². The van der Waals surface area contributed by atoms with Crippen LogP contribution in [0.15, 0.2) is 24.8 Å². The zero-order valence-corrected chi connectivity index (χ0v) is 9.09. The molecular weight excluding hydrogens is 202 g/mol. The maximum atomic E-state index is 9.99. The van der Waals surface area contributed by atoms with Crippen LogP contribution in [0.25, 0.3) is 5.52 Å². The fourth-order valence-corrected chi connectivity index (χ4v) is 1.60. The van der Waals surface area contributed by atoms with Gasteiger partial charge in [0.1, 0.15) is 0 Å². The Bertz CT molecular complexity index is 536. The summed E-state index contributed by atoms with van der Waals surface area (Å²) in [5.41, 5.74) is 1.66. The Kier molecular flexibility index (Phi) is 3.18. The summed E-state index contributed by atoms with van der Waals surface area (Å²) in [6, 6.07) is 0. The average molecular weight is 215 g/mol. The summed E-state index contributed by atoms with van der Waals surface area (Å²) in [6.45, 7) is 1.80. The number of aliphatic hydroxyl groups excluding tert-OH is 1. The van der Waals surface area contributed by atoms with Gasteiger partial charge in [-0.2, -0.15) is 5.10 Å². The predicted molar refractivity (Wildman–Crippen MR) is 60.6 cm³/mol. The van der Waals surface area contributed by atoms with E-state index in [1.165, 1.54) is 0 Å². The van der Waals surface area contributed by atoms with Gasteiger partial charge in [0, 0.05) is 24.4 Å². The molecule has 0 aliphatic carbocycles. The van der Waals surface area contributed by atoms with Gasteiger partial charge in [-0.1, -0.05) is 0 Å². The highest BCUT2D eigenvalue weighted by molar-refractivity contribution is 5.52. The Labute approximate surface area is 93.9 Å². The normalized spacial score (nSPS) is 12.1. The Hall–Kier alpha value is -1.86. The van der Waals surface area contributed by atoms with E-state index in [4.69, 9.17) is 0 Å². The molecule has 0 bridgehead atoms. The molecule has 2 aromatic rings. The van der Waals surface area contributed by atoms with Gasteiger partial charge in [-0.05, 0) is 13.3 Å². The van der Waals surface area contributed by atoms with E-state index in [-0.39, 0.29) is 0 Å². The molecule has 0 aromatic carbocycles. The first-order valence-electron chi connectivity index (χ1n) is 5.18. The molecule has 4 heteroatoms. The molecule has 2 heterocycles. The quantitative estimate of drug-likeness (QED) is 0.790. The third-order valence-corrected chi connectivity index (χ3v) is 2.43. The second kappa shape index (κ2) is 4.77. The number of aliphatic hydroxyl groups is 1. The van der Waals surface area contributed by atoms with Gasteiger partial charge < -0.3 is 5.11 Å². The van der Waals surface area contributed by atoms with Crippen LogP contribution in [-0.4, -0.2) is 19.7 Å². The average Bonchev–Trinajstić information content (AvgIpc) is 2.73. The molecule has 0 amide bonds. The van der Waals surface area contributed by atoms with Crippen molar-refractivity contribution >= 4 is 5.52 Å². The molecule has 4 nitrogen and oxygen atoms in total. The van der Waals surface area contributed by atoms with Crippen LogP contribution in [0, 0.1) is 11.8 Å². The van der Waals surface area contributed by atoms with Crippen LogP contribution < -0.4 is 0 Å². The first-order chi connectivity index (χ1) is 7.83. The first kappa shape index (κ1) is 10.7. The van der Waals surface area contributed by atoms with Gasteiger partial charge >= 0.3 is 0 Å². The lowest BCUT2D eigenvalue weighted by Crippen LogP contribution is -1.96. The number of hydrogen-bond donors (Lipinski definition) is 1. The largest absolute Gasteiger partial charge is 0.388 e. The van der Waals surface area contributed by atoms with Crippen molar-refractivity contribution in [1.82, 2.24) is 14.6 Å². The molecule has 0 saturated heterocycles. The van der Waals surface area contributed by atoms with E-state index in [2.05, 4.69) is 21.9 Å². The van der Waals surface area contributed by atoms with Gasteiger partial charge in [0.15, 0.2) is 0 Å². The third-order valence-electron chi connectivity index (χ3n) is 2.43. The summed E-state index contributed by atoms with van der Waals surface area (Å²) in [5.74, 6) is 5.75. The molecule has 16 heavy (non-hydrogen) atoms. The summed E-state index contributed by atoms with van der Waals surface area (Å²) in [5, 5.41) is 14.1. The van der Waals surface area contributed by atoms with Gasteiger partial charge in [0.05, 0.1) is 24.0 Å². The van der Waals surface area contributed by atoms with Gasteiger partial charge in [-0.15, -0.1) is 11.8 Å². The minimum Gasteiger partial charge on any atom is -0.388 e. The van der Waals surface area contributed by atoms with E-state index in [1.54, 1.807) is 36.2 Å². The van der Waals surface area contributed by atoms with Crippen LogP contribution in [0.1, 0.15) is 31.4 Å². The van der Waals surface area contributed by atoms with Crippen LogP contribution in [0.3, 0.4) is 0 Å². The maximum Gasteiger partial charge on any atom is 0.0902 e. The molecule has 2 aromatic heterocycles. The molecule has 0 spiro atoms. The van der Waals surface area contributed by atoms with Gasteiger partial charge in [-0.3, -0.25) is 4.98 Å². The summed E-state index contributed by atoms with van der Waals surface area (Å²) in [7, 11) is 0. The molecule has 82 valence electrons. The van der Waals surface area contributed by atoms with E-state index >= 15 is 0 Å². The third kappa shape index (κ3) is 2.05. The SMILES string of the molecule is CC#CCCC(O)c1cnn2ccncc12. The lowest BCUT2D eigenvalue weighted by molar-refractivity contribution is 0.171. The highest BCUT2D eigenvalue weighted by atomic mass is 16.3. The molecular formula is C12H13N3O. The minimum atomic E-state index is -0.525. The van der Waals surface area contributed by atoms with E-state index < -0.39 is 6.10 Å². The summed E-state index contributed by atoms with van der Waals surface area (Å²) >= 11 is 0. The monoisotopic (exact) mass is 215 g/mol. The number of hydrogen-bond acceptors (Lipinski definition) is 3. The molecule has 1 N–H and O–H groups in total. The fraction of sp³-hybridized carbons (Fsp3) is 0.333. The minimum absolute atomic E-state index is 0.525. The second-order valence-electron chi connectivity index (χ2n) is 3.49. The van der Waals surface area contributed by atoms with Gasteiger partial charge in [0.25, 0.3) is 0 Å². The van der Waals surface area contributed by atoms with E-state index in [0.29, 0.717) is 12.8 Å². The number of rotatable bonds is 3. The van der Waals surface area contributed by atoms with Crippen molar-refractivity contribution in [2.24, 2.45) is 0 Å². The lowest BCUT2D eigenvalue weighted by Gasteiger charge is -2.06. The van der Waals surface area contributed by atoms with Crippen molar-refractivity contribution < 1.29 is 5.11 Å². The fourth-order valence-electron chi connectivity index (χ4n) is 1.60. The highest BCUT2D eigenvalue weighted by Gasteiger charge is 2.12.